The molecule has 0 amide bonds. The number of allylic oxidation sites excluding steroid dienone is 1. The van der Waals surface area contributed by atoms with E-state index in [1.54, 1.807) is 42.5 Å². The number of carbonyl (C=O) groups excluding carboxylic acids is 2. The fourth-order valence-corrected chi connectivity index (χ4v) is 5.22. The number of fused-ring (bicyclic) bond motifs is 2. The Bertz CT molecular complexity index is 1720. The van der Waals surface area contributed by atoms with E-state index in [2.05, 4.69) is 0 Å². The number of ether oxygens (including phenoxy) is 3. The molecule has 38 heavy (non-hydrogen) atoms. The molecule has 1 aliphatic rings. The summed E-state index contributed by atoms with van der Waals surface area (Å²) < 4.78 is 23.4. The maximum Gasteiger partial charge on any atom is 0.348 e. The maximum absolute atomic E-state index is 13.6. The number of benzene rings is 3. The molecule has 188 valence electrons. The highest BCUT2D eigenvalue weighted by molar-refractivity contribution is 7.11. The number of esters is 1. The van der Waals surface area contributed by atoms with Gasteiger partial charge in [0, 0.05) is 28.0 Å². The summed E-state index contributed by atoms with van der Waals surface area (Å²) in [6.07, 6.45) is 1.74. The van der Waals surface area contributed by atoms with Gasteiger partial charge in [0.15, 0.2) is 5.76 Å². The third-order valence-electron chi connectivity index (χ3n) is 6.23. The molecular formula is C31H22O6S. The van der Waals surface area contributed by atoms with Crippen LogP contribution in [0.25, 0.3) is 28.4 Å². The van der Waals surface area contributed by atoms with Crippen molar-refractivity contribution in [1.82, 2.24) is 0 Å². The molecule has 5 aromatic rings. The molecule has 0 N–H and O–H groups in total. The molecule has 0 aliphatic carbocycles. The van der Waals surface area contributed by atoms with Gasteiger partial charge < -0.3 is 18.6 Å². The Morgan fingerprint density at radius 2 is 1.82 bits per heavy atom. The van der Waals surface area contributed by atoms with Crippen molar-refractivity contribution in [2.24, 2.45) is 0 Å². The number of Topliss-reactive ketones (excluding diaryl/α,β-unsaturated/α-hetero) is 1. The van der Waals surface area contributed by atoms with Crippen LogP contribution in [-0.2, 0) is 0 Å². The van der Waals surface area contributed by atoms with Crippen LogP contribution in [0, 0.1) is 6.92 Å². The molecule has 0 radical (unpaired) electrons. The van der Waals surface area contributed by atoms with E-state index in [-0.39, 0.29) is 17.3 Å². The molecule has 3 heterocycles. The normalized spacial score (nSPS) is 13.5. The van der Waals surface area contributed by atoms with Crippen LogP contribution in [0.2, 0.25) is 0 Å². The lowest BCUT2D eigenvalue weighted by atomic mass is 10.1. The van der Waals surface area contributed by atoms with Crippen LogP contribution in [0.3, 0.4) is 0 Å². The molecule has 1 aliphatic heterocycles. The molecular weight excluding hydrogens is 500 g/mol. The summed E-state index contributed by atoms with van der Waals surface area (Å²) in [4.78, 5) is 27.4. The first kappa shape index (κ1) is 23.8. The molecule has 0 saturated carbocycles. The van der Waals surface area contributed by atoms with Gasteiger partial charge in [-0.05, 0) is 61.2 Å². The first-order valence-electron chi connectivity index (χ1n) is 12.1. The van der Waals surface area contributed by atoms with Crippen molar-refractivity contribution in [3.8, 4) is 28.6 Å². The van der Waals surface area contributed by atoms with Crippen LogP contribution >= 0.6 is 11.3 Å². The summed E-state index contributed by atoms with van der Waals surface area (Å²) >= 11 is 1.54. The van der Waals surface area contributed by atoms with E-state index in [4.69, 9.17) is 18.6 Å². The van der Waals surface area contributed by atoms with E-state index in [0.717, 1.165) is 16.0 Å². The highest BCUT2D eigenvalue weighted by Gasteiger charge is 2.29. The van der Waals surface area contributed by atoms with Crippen molar-refractivity contribution in [1.29, 1.82) is 0 Å². The van der Waals surface area contributed by atoms with Gasteiger partial charge >= 0.3 is 5.97 Å². The number of rotatable bonds is 6. The minimum absolute atomic E-state index is 0.207. The van der Waals surface area contributed by atoms with E-state index in [9.17, 15) is 9.59 Å². The van der Waals surface area contributed by atoms with Crippen molar-refractivity contribution >= 4 is 40.1 Å². The van der Waals surface area contributed by atoms with Crippen molar-refractivity contribution in [3.05, 3.63) is 106 Å². The number of furan rings is 1. The largest absolute Gasteiger partial charge is 0.494 e. The summed E-state index contributed by atoms with van der Waals surface area (Å²) in [6, 6.07) is 21.5. The van der Waals surface area contributed by atoms with E-state index in [1.165, 1.54) is 11.3 Å². The minimum Gasteiger partial charge on any atom is -0.494 e. The lowest BCUT2D eigenvalue weighted by molar-refractivity contribution is 0.0736. The van der Waals surface area contributed by atoms with Gasteiger partial charge in [0.05, 0.1) is 12.2 Å². The van der Waals surface area contributed by atoms with Crippen molar-refractivity contribution in [3.63, 3.8) is 0 Å². The van der Waals surface area contributed by atoms with Gasteiger partial charge in [0.1, 0.15) is 34.2 Å². The predicted octanol–water partition coefficient (Wildman–Crippen LogP) is 7.70. The Kier molecular flexibility index (Phi) is 6.05. The molecule has 0 saturated heterocycles. The summed E-state index contributed by atoms with van der Waals surface area (Å²) in [6.45, 7) is 4.37. The zero-order valence-electron chi connectivity index (χ0n) is 20.6. The molecule has 3 aromatic carbocycles. The van der Waals surface area contributed by atoms with E-state index < -0.39 is 5.97 Å². The SMILES string of the molecule is CCOc1ccc2oc(-c3ccccc3)c(C(=O)Oc3ccc4c(c3)O/C(=C\c3sccc3C)C4=O)c2c1. The summed E-state index contributed by atoms with van der Waals surface area (Å²) in [5.41, 5.74) is 3.07. The lowest BCUT2D eigenvalue weighted by Gasteiger charge is -2.07. The van der Waals surface area contributed by atoms with Crippen LogP contribution < -0.4 is 14.2 Å². The fourth-order valence-electron chi connectivity index (χ4n) is 4.37. The lowest BCUT2D eigenvalue weighted by Crippen LogP contribution is -2.09. The third kappa shape index (κ3) is 4.27. The average molecular weight is 523 g/mol. The van der Waals surface area contributed by atoms with Gasteiger partial charge in [-0.15, -0.1) is 11.3 Å². The number of ketones is 1. The number of thiophene rings is 1. The Morgan fingerprint density at radius 1 is 1.00 bits per heavy atom. The number of carbonyl (C=O) groups is 2. The third-order valence-corrected chi connectivity index (χ3v) is 7.19. The highest BCUT2D eigenvalue weighted by Crippen LogP contribution is 2.38. The predicted molar refractivity (Wildman–Crippen MR) is 146 cm³/mol. The Hall–Kier alpha value is -4.62. The summed E-state index contributed by atoms with van der Waals surface area (Å²) in [5.74, 6) is 1.07. The quantitative estimate of drug-likeness (QED) is 0.129. The van der Waals surface area contributed by atoms with E-state index >= 15 is 0 Å². The van der Waals surface area contributed by atoms with Gasteiger partial charge in [0.25, 0.3) is 0 Å². The monoisotopic (exact) mass is 522 g/mol. The van der Waals surface area contributed by atoms with Crippen LogP contribution in [0.15, 0.2) is 88.4 Å². The second kappa shape index (κ2) is 9.68. The molecule has 7 heteroatoms. The van der Waals surface area contributed by atoms with Crippen LogP contribution in [0.4, 0.5) is 0 Å². The van der Waals surface area contributed by atoms with Gasteiger partial charge in [0.2, 0.25) is 5.78 Å². The smallest absolute Gasteiger partial charge is 0.348 e. The van der Waals surface area contributed by atoms with Crippen molar-refractivity contribution < 1.29 is 28.2 Å². The zero-order valence-corrected chi connectivity index (χ0v) is 21.5. The molecule has 6 rings (SSSR count). The molecule has 2 aromatic heterocycles. The van der Waals surface area contributed by atoms with Gasteiger partial charge in [-0.1, -0.05) is 30.3 Å². The molecule has 0 atom stereocenters. The summed E-state index contributed by atoms with van der Waals surface area (Å²) in [7, 11) is 0. The van der Waals surface area contributed by atoms with Crippen LogP contribution in [-0.4, -0.2) is 18.4 Å². The first-order valence-corrected chi connectivity index (χ1v) is 13.0. The van der Waals surface area contributed by atoms with Crippen molar-refractivity contribution in [2.75, 3.05) is 6.61 Å². The number of hydrogen-bond donors (Lipinski definition) is 0. The van der Waals surface area contributed by atoms with E-state index in [0.29, 0.717) is 46.0 Å². The second-order valence-corrected chi connectivity index (χ2v) is 9.67. The average Bonchev–Trinajstić information content (AvgIpc) is 3.60. The Morgan fingerprint density at radius 3 is 2.58 bits per heavy atom. The topological polar surface area (TPSA) is 75.0 Å². The maximum atomic E-state index is 13.6. The first-order chi connectivity index (χ1) is 18.5. The van der Waals surface area contributed by atoms with E-state index in [1.807, 2.05) is 55.6 Å². The summed E-state index contributed by atoms with van der Waals surface area (Å²) in [5, 5.41) is 2.55. The molecule has 0 unspecified atom stereocenters. The number of aryl methyl sites for hydroxylation is 1. The molecule has 6 nitrogen and oxygen atoms in total. The van der Waals surface area contributed by atoms with Crippen LogP contribution in [0.1, 0.15) is 38.1 Å². The second-order valence-electron chi connectivity index (χ2n) is 8.72. The van der Waals surface area contributed by atoms with Gasteiger partial charge in [-0.2, -0.15) is 0 Å². The van der Waals surface area contributed by atoms with Crippen LogP contribution in [0.5, 0.6) is 17.2 Å². The molecule has 0 spiro atoms. The number of hydrogen-bond acceptors (Lipinski definition) is 7. The Balaban J connectivity index is 1.35. The fraction of sp³-hybridized carbons (Fsp3) is 0.0968. The van der Waals surface area contributed by atoms with Crippen molar-refractivity contribution in [2.45, 2.75) is 13.8 Å². The zero-order chi connectivity index (χ0) is 26.2. The minimum atomic E-state index is -0.592. The van der Waals surface area contributed by atoms with Gasteiger partial charge in [-0.25, -0.2) is 4.79 Å². The Labute approximate surface area is 222 Å². The van der Waals surface area contributed by atoms with Gasteiger partial charge in [-0.3, -0.25) is 4.79 Å². The molecule has 0 fully saturated rings. The highest BCUT2D eigenvalue weighted by atomic mass is 32.1. The molecule has 0 bridgehead atoms. The standard InChI is InChI=1S/C31H22O6S/c1-3-34-20-10-12-24-23(15-20)28(30(37-24)19-7-5-4-6-8-19)31(33)35-21-9-11-22-25(16-21)36-26(29(22)32)17-27-18(2)13-14-38-27/h4-17H,3H2,1-2H3/b26-17-.